The van der Waals surface area contributed by atoms with Gasteiger partial charge in [0, 0.05) is 30.7 Å². The molecule has 29 heavy (non-hydrogen) atoms. The van der Waals surface area contributed by atoms with Crippen molar-refractivity contribution >= 4 is 40.4 Å². The minimum atomic E-state index is -0.234. The molecule has 0 bridgehead atoms. The molecule has 0 aliphatic rings. The van der Waals surface area contributed by atoms with Gasteiger partial charge in [0.15, 0.2) is 0 Å². The number of rotatable bonds is 4. The number of aromatic nitrogens is 3. The number of aryl methyl sites for hydroxylation is 3. The maximum absolute atomic E-state index is 13.0. The fourth-order valence-corrected chi connectivity index (χ4v) is 4.58. The molecular weight excluding hydrogens is 431 g/mol. The summed E-state index contributed by atoms with van der Waals surface area (Å²) in [7, 11) is 3.31. The Morgan fingerprint density at radius 3 is 2.55 bits per heavy atom. The summed E-state index contributed by atoms with van der Waals surface area (Å²) in [6.07, 6.45) is 0. The third-order valence-electron chi connectivity index (χ3n) is 4.70. The minimum absolute atomic E-state index is 0.183. The van der Waals surface area contributed by atoms with E-state index >= 15 is 0 Å². The monoisotopic (exact) mass is 450 g/mol. The van der Waals surface area contributed by atoms with Crippen LogP contribution >= 0.6 is 34.5 Å². The second kappa shape index (κ2) is 8.26. The first-order chi connectivity index (χ1) is 13.6. The van der Waals surface area contributed by atoms with Crippen LogP contribution in [0.15, 0.2) is 23.0 Å². The van der Waals surface area contributed by atoms with Crippen LogP contribution in [-0.4, -0.2) is 32.6 Å². The summed E-state index contributed by atoms with van der Waals surface area (Å²) < 4.78 is 1.30. The van der Waals surface area contributed by atoms with E-state index in [0.29, 0.717) is 37.7 Å². The highest BCUT2D eigenvalue weighted by Gasteiger charge is 2.23. The Morgan fingerprint density at radius 1 is 1.21 bits per heavy atom. The number of hydrogen-bond donors (Lipinski definition) is 0. The molecule has 0 aliphatic heterocycles. The Labute approximate surface area is 182 Å². The van der Waals surface area contributed by atoms with Crippen LogP contribution in [0.1, 0.15) is 32.2 Å². The van der Waals surface area contributed by atoms with Crippen molar-refractivity contribution in [2.75, 3.05) is 7.05 Å². The van der Waals surface area contributed by atoms with Gasteiger partial charge in [-0.1, -0.05) is 29.3 Å². The quantitative estimate of drug-likeness (QED) is 0.590. The molecule has 0 spiro atoms. The van der Waals surface area contributed by atoms with Crippen LogP contribution in [0.25, 0.3) is 10.6 Å². The zero-order chi connectivity index (χ0) is 21.5. The molecule has 1 amide bonds. The first-order valence-electron chi connectivity index (χ1n) is 8.81. The molecule has 2 heterocycles. The second-order valence-electron chi connectivity index (χ2n) is 6.84. The fourth-order valence-electron chi connectivity index (χ4n) is 2.95. The van der Waals surface area contributed by atoms with E-state index in [2.05, 4.69) is 10.1 Å². The third kappa shape index (κ3) is 4.22. The molecule has 0 fully saturated rings. The molecule has 0 radical (unpaired) electrons. The minimum Gasteiger partial charge on any atom is -0.337 e. The first kappa shape index (κ1) is 21.5. The highest BCUT2D eigenvalue weighted by molar-refractivity contribution is 7.17. The third-order valence-corrected chi connectivity index (χ3v) is 6.45. The van der Waals surface area contributed by atoms with Crippen molar-refractivity contribution in [3.8, 4) is 10.6 Å². The predicted octanol–water partition coefficient (Wildman–Crippen LogP) is 4.41. The Balaban J connectivity index is 1.95. The fraction of sp³-hybridized carbons (Fsp3) is 0.300. The number of hydrogen-bond acceptors (Lipinski definition) is 5. The van der Waals surface area contributed by atoms with Gasteiger partial charge in [-0.05, 0) is 44.0 Å². The summed E-state index contributed by atoms with van der Waals surface area (Å²) in [4.78, 5) is 32.2. The molecule has 2 aromatic heterocycles. The van der Waals surface area contributed by atoms with Gasteiger partial charge >= 0.3 is 0 Å². The van der Waals surface area contributed by atoms with E-state index < -0.39 is 0 Å². The van der Waals surface area contributed by atoms with Gasteiger partial charge in [0.25, 0.3) is 11.5 Å². The number of carbonyl (C=O) groups is 1. The summed E-state index contributed by atoms with van der Waals surface area (Å²) in [5.41, 5.74) is 3.14. The van der Waals surface area contributed by atoms with Crippen LogP contribution in [0.2, 0.25) is 10.0 Å². The molecule has 0 unspecified atom stereocenters. The van der Waals surface area contributed by atoms with Gasteiger partial charge in [0.05, 0.1) is 17.0 Å². The van der Waals surface area contributed by atoms with Crippen molar-refractivity contribution in [2.24, 2.45) is 7.05 Å². The number of thiazole rings is 1. The Kier molecular flexibility index (Phi) is 6.12. The number of amides is 1. The molecule has 3 aromatic rings. The molecular formula is C20H20Cl2N4O2S. The van der Waals surface area contributed by atoms with Gasteiger partial charge in [-0.3, -0.25) is 9.59 Å². The number of nitrogens with zero attached hydrogens (tertiary/aromatic N) is 4. The van der Waals surface area contributed by atoms with E-state index in [-0.39, 0.29) is 11.5 Å². The lowest BCUT2D eigenvalue weighted by Crippen LogP contribution is -2.26. The standard InChI is InChI=1S/C20H20Cl2N4O2S/c1-10-11(2)24-26(5)19(27)16(10)18-23-12(3)17(29-18)20(28)25(4)9-13-6-7-14(21)8-15(13)22/h6-8H,9H2,1-5H3. The molecule has 9 heteroatoms. The number of benzene rings is 1. The number of halogens is 2. The molecule has 0 atom stereocenters. The van der Waals surface area contributed by atoms with Crippen molar-refractivity contribution in [3.05, 3.63) is 66.0 Å². The van der Waals surface area contributed by atoms with Gasteiger partial charge in [-0.25, -0.2) is 9.67 Å². The highest BCUT2D eigenvalue weighted by Crippen LogP contribution is 2.30. The topological polar surface area (TPSA) is 68.1 Å². The van der Waals surface area contributed by atoms with E-state index in [0.717, 1.165) is 16.8 Å². The number of carbonyl (C=O) groups excluding carboxylic acids is 1. The average Bonchev–Trinajstić information content (AvgIpc) is 3.03. The van der Waals surface area contributed by atoms with Crippen molar-refractivity contribution in [2.45, 2.75) is 27.3 Å². The van der Waals surface area contributed by atoms with Crippen molar-refractivity contribution in [3.63, 3.8) is 0 Å². The summed E-state index contributed by atoms with van der Waals surface area (Å²) in [6.45, 7) is 5.78. The summed E-state index contributed by atoms with van der Waals surface area (Å²) in [5.74, 6) is -0.183. The summed E-state index contributed by atoms with van der Waals surface area (Å²) in [5, 5.41) is 5.76. The molecule has 1 aromatic carbocycles. The SMILES string of the molecule is Cc1nc(-c2c(C)c(C)nn(C)c2=O)sc1C(=O)N(C)Cc1ccc(Cl)cc1Cl. The van der Waals surface area contributed by atoms with E-state index in [4.69, 9.17) is 23.2 Å². The Bertz CT molecular complexity index is 1170. The average molecular weight is 451 g/mol. The zero-order valence-corrected chi connectivity index (χ0v) is 19.0. The van der Waals surface area contributed by atoms with Crippen LogP contribution in [0, 0.1) is 20.8 Å². The van der Waals surface area contributed by atoms with Gasteiger partial charge in [0.1, 0.15) is 9.88 Å². The predicted molar refractivity (Wildman–Crippen MR) is 117 cm³/mol. The van der Waals surface area contributed by atoms with Crippen molar-refractivity contribution < 1.29 is 4.79 Å². The Hall–Kier alpha value is -2.22. The highest BCUT2D eigenvalue weighted by atomic mass is 35.5. The smallest absolute Gasteiger partial charge is 0.277 e. The van der Waals surface area contributed by atoms with E-state index in [1.807, 2.05) is 13.8 Å². The van der Waals surface area contributed by atoms with Gasteiger partial charge in [-0.2, -0.15) is 5.10 Å². The van der Waals surface area contributed by atoms with Crippen LogP contribution in [-0.2, 0) is 13.6 Å². The van der Waals surface area contributed by atoms with Crippen LogP contribution in [0.4, 0.5) is 0 Å². The summed E-state index contributed by atoms with van der Waals surface area (Å²) in [6, 6.07) is 5.19. The van der Waals surface area contributed by atoms with Crippen molar-refractivity contribution in [1.29, 1.82) is 0 Å². The molecule has 6 nitrogen and oxygen atoms in total. The van der Waals surface area contributed by atoms with Gasteiger partial charge in [-0.15, -0.1) is 11.3 Å². The zero-order valence-electron chi connectivity index (χ0n) is 16.7. The van der Waals surface area contributed by atoms with Crippen molar-refractivity contribution in [1.82, 2.24) is 19.7 Å². The lowest BCUT2D eigenvalue weighted by atomic mass is 10.1. The lowest BCUT2D eigenvalue weighted by molar-refractivity contribution is 0.0789. The van der Waals surface area contributed by atoms with E-state index in [1.165, 1.54) is 16.0 Å². The largest absolute Gasteiger partial charge is 0.337 e. The van der Waals surface area contributed by atoms with Crippen LogP contribution in [0.3, 0.4) is 0 Å². The van der Waals surface area contributed by atoms with Crippen LogP contribution in [0.5, 0.6) is 0 Å². The molecule has 0 N–H and O–H groups in total. The van der Waals surface area contributed by atoms with E-state index in [9.17, 15) is 9.59 Å². The second-order valence-corrected chi connectivity index (χ2v) is 8.69. The first-order valence-corrected chi connectivity index (χ1v) is 10.4. The normalized spacial score (nSPS) is 11.0. The van der Waals surface area contributed by atoms with Crippen LogP contribution < -0.4 is 5.56 Å². The molecule has 0 saturated heterocycles. The maximum atomic E-state index is 13.0. The molecule has 0 aliphatic carbocycles. The van der Waals surface area contributed by atoms with Gasteiger partial charge < -0.3 is 4.90 Å². The molecule has 3 rings (SSSR count). The lowest BCUT2D eigenvalue weighted by Gasteiger charge is -2.17. The molecule has 0 saturated carbocycles. The molecule has 152 valence electrons. The summed E-state index contributed by atoms with van der Waals surface area (Å²) >= 11 is 13.4. The maximum Gasteiger partial charge on any atom is 0.277 e. The van der Waals surface area contributed by atoms with Gasteiger partial charge in [0.2, 0.25) is 0 Å². The Morgan fingerprint density at radius 2 is 1.90 bits per heavy atom. The van der Waals surface area contributed by atoms with E-state index in [1.54, 1.807) is 44.1 Å².